The molecule has 0 aliphatic carbocycles. The third-order valence-corrected chi connectivity index (χ3v) is 3.60. The van der Waals surface area contributed by atoms with Gasteiger partial charge in [0.15, 0.2) is 6.73 Å². The lowest BCUT2D eigenvalue weighted by Gasteiger charge is -2.11. The van der Waals surface area contributed by atoms with Crippen LogP contribution in [0.25, 0.3) is 0 Å². The van der Waals surface area contributed by atoms with E-state index in [9.17, 15) is 4.79 Å². The SMILES string of the molecule is Cc1cc(OCNC(=O)Nc2ccc(O)cc2)cc(C)c1Cl. The van der Waals surface area contributed by atoms with E-state index in [0.717, 1.165) is 11.1 Å². The normalized spacial score (nSPS) is 10.1. The highest BCUT2D eigenvalue weighted by molar-refractivity contribution is 6.32. The third-order valence-electron chi connectivity index (χ3n) is 3.01. The number of urea groups is 1. The molecule has 0 saturated carbocycles. The van der Waals surface area contributed by atoms with Gasteiger partial charge in [-0.2, -0.15) is 0 Å². The third kappa shape index (κ3) is 4.30. The molecule has 0 aliphatic heterocycles. The van der Waals surface area contributed by atoms with Gasteiger partial charge in [0.05, 0.1) is 0 Å². The second-order valence-electron chi connectivity index (χ2n) is 4.84. The van der Waals surface area contributed by atoms with Crippen molar-refractivity contribution in [3.63, 3.8) is 0 Å². The minimum Gasteiger partial charge on any atom is -0.508 e. The molecule has 0 heterocycles. The lowest BCUT2D eigenvalue weighted by atomic mass is 10.1. The topological polar surface area (TPSA) is 70.6 Å². The Balaban J connectivity index is 1.83. The molecule has 0 saturated heterocycles. The largest absolute Gasteiger partial charge is 0.508 e. The zero-order chi connectivity index (χ0) is 16.1. The van der Waals surface area contributed by atoms with Crippen LogP contribution in [-0.2, 0) is 0 Å². The summed E-state index contributed by atoms with van der Waals surface area (Å²) in [5.74, 6) is 0.784. The van der Waals surface area contributed by atoms with E-state index >= 15 is 0 Å². The van der Waals surface area contributed by atoms with E-state index in [4.69, 9.17) is 21.4 Å². The summed E-state index contributed by atoms with van der Waals surface area (Å²) in [4.78, 5) is 11.7. The Labute approximate surface area is 133 Å². The molecule has 0 spiro atoms. The summed E-state index contributed by atoms with van der Waals surface area (Å²) >= 11 is 6.08. The second kappa shape index (κ2) is 7.04. The number of anilines is 1. The molecule has 2 aromatic rings. The summed E-state index contributed by atoms with van der Waals surface area (Å²) in [6.07, 6.45) is 0. The van der Waals surface area contributed by atoms with E-state index in [1.165, 1.54) is 12.1 Å². The van der Waals surface area contributed by atoms with Gasteiger partial charge in [0.25, 0.3) is 0 Å². The van der Waals surface area contributed by atoms with Crippen LogP contribution in [0.3, 0.4) is 0 Å². The van der Waals surface area contributed by atoms with E-state index in [1.54, 1.807) is 12.1 Å². The Morgan fingerprint density at radius 2 is 1.77 bits per heavy atom. The summed E-state index contributed by atoms with van der Waals surface area (Å²) in [6.45, 7) is 3.82. The fraction of sp³-hybridized carbons (Fsp3) is 0.188. The fourth-order valence-electron chi connectivity index (χ4n) is 1.89. The van der Waals surface area contributed by atoms with Crippen molar-refractivity contribution in [3.05, 3.63) is 52.5 Å². The molecular formula is C16H17ClN2O3. The van der Waals surface area contributed by atoms with Crippen molar-refractivity contribution in [3.8, 4) is 11.5 Å². The Morgan fingerprint density at radius 1 is 1.18 bits per heavy atom. The maximum atomic E-state index is 11.7. The number of amides is 2. The molecule has 3 N–H and O–H groups in total. The number of phenolic OH excluding ortho intramolecular Hbond substituents is 1. The van der Waals surface area contributed by atoms with Crippen LogP contribution in [-0.4, -0.2) is 17.9 Å². The van der Waals surface area contributed by atoms with E-state index in [-0.39, 0.29) is 12.5 Å². The number of rotatable bonds is 4. The highest BCUT2D eigenvalue weighted by Crippen LogP contribution is 2.25. The molecule has 0 bridgehead atoms. The van der Waals surface area contributed by atoms with Crippen molar-refractivity contribution < 1.29 is 14.6 Å². The highest BCUT2D eigenvalue weighted by atomic mass is 35.5. The zero-order valence-electron chi connectivity index (χ0n) is 12.3. The lowest BCUT2D eigenvalue weighted by molar-refractivity contribution is 0.234. The first-order chi connectivity index (χ1) is 10.5. The van der Waals surface area contributed by atoms with Crippen LogP contribution in [0.4, 0.5) is 10.5 Å². The van der Waals surface area contributed by atoms with Crippen molar-refractivity contribution in [1.82, 2.24) is 5.32 Å². The maximum Gasteiger partial charge on any atom is 0.321 e. The van der Waals surface area contributed by atoms with Gasteiger partial charge >= 0.3 is 6.03 Å². The molecule has 6 heteroatoms. The van der Waals surface area contributed by atoms with Crippen LogP contribution in [0, 0.1) is 13.8 Å². The number of carbonyl (C=O) groups is 1. The number of halogens is 1. The molecule has 22 heavy (non-hydrogen) atoms. The van der Waals surface area contributed by atoms with Crippen LogP contribution in [0.1, 0.15) is 11.1 Å². The first kappa shape index (κ1) is 16.0. The first-order valence-electron chi connectivity index (χ1n) is 6.69. The predicted octanol–water partition coefficient (Wildman–Crippen LogP) is 3.82. The van der Waals surface area contributed by atoms with Crippen LogP contribution in [0.15, 0.2) is 36.4 Å². The lowest BCUT2D eigenvalue weighted by Crippen LogP contribution is -2.32. The van der Waals surface area contributed by atoms with E-state index in [0.29, 0.717) is 16.5 Å². The Hall–Kier alpha value is -2.40. The number of carbonyl (C=O) groups excluding carboxylic acids is 1. The van der Waals surface area contributed by atoms with Gasteiger partial charge in [0, 0.05) is 10.7 Å². The average Bonchev–Trinajstić information content (AvgIpc) is 2.47. The van der Waals surface area contributed by atoms with Gasteiger partial charge in [-0.15, -0.1) is 0 Å². The monoisotopic (exact) mass is 320 g/mol. The number of hydrogen-bond acceptors (Lipinski definition) is 3. The van der Waals surface area contributed by atoms with Crippen LogP contribution in [0.2, 0.25) is 5.02 Å². The summed E-state index contributed by atoms with van der Waals surface area (Å²) in [7, 11) is 0. The summed E-state index contributed by atoms with van der Waals surface area (Å²) in [5.41, 5.74) is 2.42. The summed E-state index contributed by atoms with van der Waals surface area (Å²) in [5, 5.41) is 15.1. The number of ether oxygens (including phenoxy) is 1. The number of benzene rings is 2. The standard InChI is InChI=1S/C16H17ClN2O3/c1-10-7-14(8-11(2)15(10)17)22-9-18-16(21)19-12-3-5-13(20)6-4-12/h3-8,20H,9H2,1-2H3,(H2,18,19,21). The number of nitrogens with one attached hydrogen (secondary N) is 2. The molecule has 2 rings (SSSR count). The molecule has 0 unspecified atom stereocenters. The van der Waals surface area contributed by atoms with Gasteiger partial charge < -0.3 is 20.5 Å². The average molecular weight is 321 g/mol. The summed E-state index contributed by atoms with van der Waals surface area (Å²) < 4.78 is 5.48. The summed E-state index contributed by atoms with van der Waals surface area (Å²) in [6, 6.07) is 9.41. The molecule has 0 radical (unpaired) electrons. The van der Waals surface area contributed by atoms with Gasteiger partial charge in [-0.05, 0) is 61.4 Å². The van der Waals surface area contributed by atoms with Crippen molar-refractivity contribution in [2.45, 2.75) is 13.8 Å². The van der Waals surface area contributed by atoms with Gasteiger partial charge in [-0.3, -0.25) is 0 Å². The highest BCUT2D eigenvalue weighted by Gasteiger charge is 2.05. The van der Waals surface area contributed by atoms with E-state index in [1.807, 2.05) is 26.0 Å². The molecular weight excluding hydrogens is 304 g/mol. The van der Waals surface area contributed by atoms with E-state index < -0.39 is 6.03 Å². The minimum atomic E-state index is -0.395. The molecule has 5 nitrogen and oxygen atoms in total. The Morgan fingerprint density at radius 3 is 2.36 bits per heavy atom. The van der Waals surface area contributed by atoms with Crippen LogP contribution < -0.4 is 15.4 Å². The molecule has 2 amide bonds. The predicted molar refractivity (Wildman–Crippen MR) is 86.7 cm³/mol. The molecule has 0 aliphatic rings. The zero-order valence-corrected chi connectivity index (χ0v) is 13.1. The van der Waals surface area contributed by atoms with Gasteiger partial charge in [-0.25, -0.2) is 4.79 Å². The van der Waals surface area contributed by atoms with E-state index in [2.05, 4.69) is 10.6 Å². The smallest absolute Gasteiger partial charge is 0.321 e. The first-order valence-corrected chi connectivity index (χ1v) is 7.07. The number of aromatic hydroxyl groups is 1. The fourth-order valence-corrected chi connectivity index (χ4v) is 2.00. The molecule has 0 fully saturated rings. The number of aryl methyl sites for hydroxylation is 2. The van der Waals surface area contributed by atoms with Gasteiger partial charge in [0.2, 0.25) is 0 Å². The minimum absolute atomic E-state index is 0.0322. The molecule has 116 valence electrons. The van der Waals surface area contributed by atoms with Crippen molar-refractivity contribution in [1.29, 1.82) is 0 Å². The second-order valence-corrected chi connectivity index (χ2v) is 5.22. The van der Waals surface area contributed by atoms with Crippen LogP contribution in [0.5, 0.6) is 11.5 Å². The number of hydrogen-bond donors (Lipinski definition) is 3. The van der Waals surface area contributed by atoms with Gasteiger partial charge in [0.1, 0.15) is 11.5 Å². The Kier molecular flexibility index (Phi) is 5.12. The van der Waals surface area contributed by atoms with Crippen LogP contribution >= 0.6 is 11.6 Å². The van der Waals surface area contributed by atoms with Gasteiger partial charge in [-0.1, -0.05) is 11.6 Å². The molecule has 0 aromatic heterocycles. The molecule has 2 aromatic carbocycles. The Bertz CT molecular complexity index is 649. The maximum absolute atomic E-state index is 11.7. The van der Waals surface area contributed by atoms with Crippen molar-refractivity contribution in [2.24, 2.45) is 0 Å². The quantitative estimate of drug-likeness (QED) is 0.592. The van der Waals surface area contributed by atoms with Crippen molar-refractivity contribution >= 4 is 23.3 Å². The molecule has 0 atom stereocenters. The van der Waals surface area contributed by atoms with Crippen molar-refractivity contribution in [2.75, 3.05) is 12.0 Å². The number of phenols is 1.